The minimum absolute atomic E-state index is 0.641. The van der Waals surface area contributed by atoms with Crippen LogP contribution < -0.4 is 4.73 Å². The highest BCUT2D eigenvalue weighted by atomic mass is 32.2. The molecule has 0 aliphatic heterocycles. The van der Waals surface area contributed by atoms with Gasteiger partial charge in [0, 0.05) is 24.3 Å². The second kappa shape index (κ2) is 6.73. The molecular formula is C14H13N3O2S2. The lowest BCUT2D eigenvalue weighted by Gasteiger charge is -2.01. The zero-order valence-corrected chi connectivity index (χ0v) is 12.8. The zero-order valence-electron chi connectivity index (χ0n) is 11.1. The van der Waals surface area contributed by atoms with Gasteiger partial charge in [0.25, 0.3) is 5.03 Å². The van der Waals surface area contributed by atoms with Crippen LogP contribution in [0.5, 0.6) is 0 Å². The van der Waals surface area contributed by atoms with E-state index in [0.717, 1.165) is 28.2 Å². The first-order valence-electron chi connectivity index (χ1n) is 6.50. The lowest BCUT2D eigenvalue weighted by Crippen LogP contribution is -2.27. The van der Waals surface area contributed by atoms with Gasteiger partial charge in [-0.1, -0.05) is 23.0 Å². The summed E-state index contributed by atoms with van der Waals surface area (Å²) in [5, 5.41) is 18.1. The first-order chi connectivity index (χ1) is 10.3. The smallest absolute Gasteiger partial charge is 0.251 e. The van der Waals surface area contributed by atoms with Crippen LogP contribution in [0.1, 0.15) is 12.3 Å². The first kappa shape index (κ1) is 14.1. The number of hydrogen-bond acceptors (Lipinski definition) is 6. The highest BCUT2D eigenvalue weighted by Crippen LogP contribution is 2.22. The molecule has 0 saturated heterocycles. The zero-order chi connectivity index (χ0) is 14.5. The molecule has 0 saturated carbocycles. The average molecular weight is 319 g/mol. The first-order valence-corrected chi connectivity index (χ1v) is 8.37. The average Bonchev–Trinajstić information content (AvgIpc) is 3.16. The van der Waals surface area contributed by atoms with Gasteiger partial charge in [-0.2, -0.15) is 9.71 Å². The van der Waals surface area contributed by atoms with Crippen molar-refractivity contribution in [2.24, 2.45) is 0 Å². The number of nitrogens with zero attached hydrogens (tertiary/aromatic N) is 3. The molecule has 0 spiro atoms. The van der Waals surface area contributed by atoms with E-state index >= 15 is 0 Å². The van der Waals surface area contributed by atoms with Crippen LogP contribution in [0.3, 0.4) is 0 Å². The van der Waals surface area contributed by atoms with E-state index in [0.29, 0.717) is 16.7 Å². The highest BCUT2D eigenvalue weighted by Gasteiger charge is 2.10. The van der Waals surface area contributed by atoms with Crippen molar-refractivity contribution >= 4 is 23.1 Å². The lowest BCUT2D eigenvalue weighted by molar-refractivity contribution is -0.645. The Morgan fingerprint density at radius 2 is 2.24 bits per heavy atom. The van der Waals surface area contributed by atoms with E-state index in [2.05, 4.69) is 10.1 Å². The quantitative estimate of drug-likeness (QED) is 0.302. The van der Waals surface area contributed by atoms with Gasteiger partial charge in [0.1, 0.15) is 0 Å². The highest BCUT2D eigenvalue weighted by molar-refractivity contribution is 7.99. The molecule has 0 amide bonds. The third kappa shape index (κ3) is 3.62. The Morgan fingerprint density at radius 3 is 3.05 bits per heavy atom. The molecular weight excluding hydrogens is 306 g/mol. The minimum atomic E-state index is 0.641. The second-order valence-corrected chi connectivity index (χ2v) is 6.37. The molecule has 0 N–H and O–H groups in total. The van der Waals surface area contributed by atoms with Crippen LogP contribution in [-0.2, 0) is 6.42 Å². The van der Waals surface area contributed by atoms with Crippen molar-refractivity contribution in [3.63, 3.8) is 0 Å². The third-order valence-electron chi connectivity index (χ3n) is 2.78. The molecule has 7 heteroatoms. The topological polar surface area (TPSA) is 65.9 Å². The van der Waals surface area contributed by atoms with Gasteiger partial charge < -0.3 is 9.73 Å². The number of aromatic nitrogens is 3. The standard InChI is InChI=1S/C14H13N3O2S2/c18-17-8-2-1-7-13(17)21-10-4-6-12-15-14(16-19-12)11-5-3-9-20-11/h1-3,5,7-9H,4,6,10H2. The lowest BCUT2D eigenvalue weighted by atomic mass is 10.3. The van der Waals surface area contributed by atoms with E-state index in [4.69, 9.17) is 4.52 Å². The molecule has 5 nitrogen and oxygen atoms in total. The van der Waals surface area contributed by atoms with Crippen molar-refractivity contribution in [3.8, 4) is 10.7 Å². The van der Waals surface area contributed by atoms with Crippen molar-refractivity contribution in [3.05, 3.63) is 53.0 Å². The normalized spacial score (nSPS) is 10.9. The van der Waals surface area contributed by atoms with E-state index < -0.39 is 0 Å². The monoisotopic (exact) mass is 319 g/mol. The molecule has 3 rings (SSSR count). The molecule has 0 aromatic carbocycles. The van der Waals surface area contributed by atoms with Crippen LogP contribution >= 0.6 is 23.1 Å². The van der Waals surface area contributed by atoms with E-state index in [1.54, 1.807) is 17.4 Å². The summed E-state index contributed by atoms with van der Waals surface area (Å²) in [7, 11) is 0. The van der Waals surface area contributed by atoms with Gasteiger partial charge >= 0.3 is 0 Å². The van der Waals surface area contributed by atoms with Crippen LogP contribution in [0, 0.1) is 5.21 Å². The largest absolute Gasteiger partial charge is 0.618 e. The fourth-order valence-electron chi connectivity index (χ4n) is 1.79. The van der Waals surface area contributed by atoms with Crippen molar-refractivity contribution in [1.82, 2.24) is 10.1 Å². The van der Waals surface area contributed by atoms with Crippen LogP contribution in [-0.4, -0.2) is 15.9 Å². The van der Waals surface area contributed by atoms with Crippen molar-refractivity contribution < 1.29 is 9.25 Å². The Bertz CT molecular complexity index is 698. The molecule has 0 aliphatic carbocycles. The summed E-state index contributed by atoms with van der Waals surface area (Å²) in [6, 6.07) is 9.34. The number of hydrogen-bond donors (Lipinski definition) is 0. The maximum atomic E-state index is 11.5. The van der Waals surface area contributed by atoms with Gasteiger partial charge in [0.05, 0.1) is 4.88 Å². The van der Waals surface area contributed by atoms with Gasteiger partial charge in [-0.25, -0.2) is 0 Å². The Balaban J connectivity index is 1.49. The molecule has 21 heavy (non-hydrogen) atoms. The van der Waals surface area contributed by atoms with E-state index in [-0.39, 0.29) is 0 Å². The number of pyridine rings is 1. The molecule has 0 bridgehead atoms. The maximum Gasteiger partial charge on any atom is 0.251 e. The molecule has 3 heterocycles. The van der Waals surface area contributed by atoms with Crippen LogP contribution in [0.4, 0.5) is 0 Å². The van der Waals surface area contributed by atoms with Crippen LogP contribution in [0.2, 0.25) is 0 Å². The SMILES string of the molecule is [O-][n+]1ccccc1SCCCc1nc(-c2cccs2)no1. The molecule has 108 valence electrons. The van der Waals surface area contributed by atoms with E-state index in [1.165, 1.54) is 18.0 Å². The number of thioether (sulfide) groups is 1. The summed E-state index contributed by atoms with van der Waals surface area (Å²) >= 11 is 3.12. The van der Waals surface area contributed by atoms with Crippen LogP contribution in [0.25, 0.3) is 10.7 Å². The second-order valence-electron chi connectivity index (χ2n) is 4.31. The van der Waals surface area contributed by atoms with Gasteiger partial charge in [0.2, 0.25) is 11.7 Å². The predicted molar refractivity (Wildman–Crippen MR) is 82.1 cm³/mol. The summed E-state index contributed by atoms with van der Waals surface area (Å²) in [5.41, 5.74) is 0. The van der Waals surface area contributed by atoms with Gasteiger partial charge in [0.15, 0.2) is 6.20 Å². The van der Waals surface area contributed by atoms with E-state index in [9.17, 15) is 5.21 Å². The Kier molecular flexibility index (Phi) is 4.52. The Labute approximate surface area is 130 Å². The number of thiophene rings is 1. The molecule has 0 unspecified atom stereocenters. The molecule has 0 fully saturated rings. The van der Waals surface area contributed by atoms with Crippen molar-refractivity contribution in [2.45, 2.75) is 17.9 Å². The molecule has 0 aliphatic rings. The molecule has 0 atom stereocenters. The Morgan fingerprint density at radius 1 is 1.29 bits per heavy atom. The summed E-state index contributed by atoms with van der Waals surface area (Å²) in [6.07, 6.45) is 3.11. The fraction of sp³-hybridized carbons (Fsp3) is 0.214. The molecule has 0 radical (unpaired) electrons. The fourth-order valence-corrected chi connectivity index (χ4v) is 3.30. The van der Waals surface area contributed by atoms with Crippen LogP contribution in [0.15, 0.2) is 51.5 Å². The van der Waals surface area contributed by atoms with E-state index in [1.807, 2.05) is 29.6 Å². The summed E-state index contributed by atoms with van der Waals surface area (Å²) in [4.78, 5) is 5.38. The molecule has 3 aromatic rings. The van der Waals surface area contributed by atoms with Crippen molar-refractivity contribution in [1.29, 1.82) is 0 Å². The number of rotatable bonds is 6. The van der Waals surface area contributed by atoms with Gasteiger partial charge in [-0.15, -0.1) is 11.3 Å². The summed E-state index contributed by atoms with van der Waals surface area (Å²) in [5.74, 6) is 2.12. The molecule has 3 aromatic heterocycles. The summed E-state index contributed by atoms with van der Waals surface area (Å²) in [6.45, 7) is 0. The maximum absolute atomic E-state index is 11.5. The number of aryl methyl sites for hydroxylation is 1. The van der Waals surface area contributed by atoms with Crippen molar-refractivity contribution in [2.75, 3.05) is 5.75 Å². The van der Waals surface area contributed by atoms with Gasteiger partial charge in [-0.05, 0) is 23.9 Å². The Hall–Kier alpha value is -1.86. The van der Waals surface area contributed by atoms with Gasteiger partial charge in [-0.3, -0.25) is 0 Å². The predicted octanol–water partition coefficient (Wildman–Crippen LogP) is 3.16. The third-order valence-corrected chi connectivity index (χ3v) is 4.75. The minimum Gasteiger partial charge on any atom is -0.618 e. The summed E-state index contributed by atoms with van der Waals surface area (Å²) < 4.78 is 6.12.